The standard InChI is InChI=1S/C16H20F3N/c1-10(8-16(3,4)5)9-20-11(2)12-6-14(18)15(19)7-13(12)17/h6-7H,1,8-9H2,2-5H3/p+1. The molecule has 0 saturated carbocycles. The van der Waals surface area contributed by atoms with Crippen molar-refractivity contribution in [1.29, 1.82) is 0 Å². The Morgan fingerprint density at radius 2 is 1.65 bits per heavy atom. The molecule has 0 heterocycles. The van der Waals surface area contributed by atoms with Gasteiger partial charge in [-0.05, 0) is 23.5 Å². The fourth-order valence-corrected chi connectivity index (χ4v) is 1.98. The molecule has 1 aromatic carbocycles. The molecule has 110 valence electrons. The summed E-state index contributed by atoms with van der Waals surface area (Å²) in [4.78, 5) is 3.00. The van der Waals surface area contributed by atoms with Gasteiger partial charge in [-0.25, -0.2) is 18.2 Å². The van der Waals surface area contributed by atoms with E-state index in [0.29, 0.717) is 18.3 Å². The van der Waals surface area contributed by atoms with Gasteiger partial charge in [-0.2, -0.15) is 0 Å². The number of rotatable bonds is 4. The van der Waals surface area contributed by atoms with Gasteiger partial charge in [0, 0.05) is 13.0 Å². The van der Waals surface area contributed by atoms with E-state index >= 15 is 0 Å². The molecular weight excluding hydrogens is 263 g/mol. The fourth-order valence-electron chi connectivity index (χ4n) is 1.98. The summed E-state index contributed by atoms with van der Waals surface area (Å²) in [5.41, 5.74) is 1.59. The van der Waals surface area contributed by atoms with Crippen LogP contribution in [0.2, 0.25) is 0 Å². The highest BCUT2D eigenvalue weighted by Crippen LogP contribution is 2.22. The van der Waals surface area contributed by atoms with Gasteiger partial charge in [-0.15, -0.1) is 0 Å². The highest BCUT2D eigenvalue weighted by Gasteiger charge is 2.16. The molecule has 0 unspecified atom stereocenters. The summed E-state index contributed by atoms with van der Waals surface area (Å²) in [7, 11) is 0. The van der Waals surface area contributed by atoms with Crippen molar-refractivity contribution in [3.63, 3.8) is 0 Å². The van der Waals surface area contributed by atoms with Crippen LogP contribution in [0.15, 0.2) is 24.3 Å². The van der Waals surface area contributed by atoms with Crippen LogP contribution in [0.4, 0.5) is 13.2 Å². The fraction of sp³-hybridized carbons (Fsp3) is 0.438. The molecule has 0 bridgehead atoms. The van der Waals surface area contributed by atoms with E-state index in [1.165, 1.54) is 0 Å². The first kappa shape index (κ1) is 16.5. The molecule has 0 amide bonds. The number of nitrogens with one attached hydrogen (secondary N) is 1. The summed E-state index contributed by atoms with van der Waals surface area (Å²) >= 11 is 0. The first-order valence-electron chi connectivity index (χ1n) is 6.49. The normalized spacial score (nSPS) is 12.7. The second kappa shape index (κ2) is 6.25. The quantitative estimate of drug-likeness (QED) is 0.496. The van der Waals surface area contributed by atoms with Crippen LogP contribution < -0.4 is 4.99 Å². The topological polar surface area (TPSA) is 14.0 Å². The zero-order chi connectivity index (χ0) is 15.5. The highest BCUT2D eigenvalue weighted by atomic mass is 19.2. The molecule has 0 atom stereocenters. The molecule has 0 aromatic heterocycles. The van der Waals surface area contributed by atoms with Crippen LogP contribution in [0.1, 0.15) is 39.7 Å². The Bertz CT molecular complexity index is 539. The third kappa shape index (κ3) is 4.83. The van der Waals surface area contributed by atoms with E-state index in [2.05, 4.69) is 32.3 Å². The van der Waals surface area contributed by atoms with Gasteiger partial charge in [-0.3, -0.25) is 0 Å². The zero-order valence-electron chi connectivity index (χ0n) is 12.4. The Morgan fingerprint density at radius 3 is 2.20 bits per heavy atom. The van der Waals surface area contributed by atoms with Crippen molar-refractivity contribution in [1.82, 2.24) is 0 Å². The Balaban J connectivity index is 2.85. The van der Waals surface area contributed by atoms with E-state index in [1.54, 1.807) is 6.92 Å². The molecule has 1 nitrogen and oxygen atoms in total. The smallest absolute Gasteiger partial charge is 0.181 e. The largest absolute Gasteiger partial charge is 0.241 e. The Labute approximate surface area is 118 Å². The summed E-state index contributed by atoms with van der Waals surface area (Å²) in [5, 5.41) is 0. The first-order chi connectivity index (χ1) is 9.10. The molecule has 0 fully saturated rings. The van der Waals surface area contributed by atoms with E-state index in [9.17, 15) is 13.2 Å². The summed E-state index contributed by atoms with van der Waals surface area (Å²) in [5.74, 6) is -3.03. The van der Waals surface area contributed by atoms with Crippen molar-refractivity contribution in [2.75, 3.05) is 6.54 Å². The summed E-state index contributed by atoms with van der Waals surface area (Å²) in [6.45, 7) is 12.4. The van der Waals surface area contributed by atoms with Gasteiger partial charge in [0.2, 0.25) is 0 Å². The lowest BCUT2D eigenvalue weighted by molar-refractivity contribution is -0.447. The predicted molar refractivity (Wildman–Crippen MR) is 75.1 cm³/mol. The Hall–Kier alpha value is -1.58. The van der Waals surface area contributed by atoms with Crippen molar-refractivity contribution in [2.45, 2.75) is 34.1 Å². The van der Waals surface area contributed by atoms with Crippen LogP contribution in [-0.4, -0.2) is 12.3 Å². The Morgan fingerprint density at radius 1 is 1.10 bits per heavy atom. The van der Waals surface area contributed by atoms with E-state index in [-0.39, 0.29) is 11.0 Å². The molecule has 0 spiro atoms. The maximum absolute atomic E-state index is 13.6. The second-order valence-electron chi connectivity index (χ2n) is 6.21. The van der Waals surface area contributed by atoms with Crippen molar-refractivity contribution in [2.24, 2.45) is 5.41 Å². The molecule has 0 aliphatic carbocycles. The van der Waals surface area contributed by atoms with Gasteiger partial charge < -0.3 is 0 Å². The van der Waals surface area contributed by atoms with Gasteiger partial charge in [0.1, 0.15) is 5.82 Å². The highest BCUT2D eigenvalue weighted by molar-refractivity contribution is 5.94. The Kier molecular flexibility index (Phi) is 5.15. The molecular formula is C16H21F3N+. The average molecular weight is 284 g/mol. The lowest BCUT2D eigenvalue weighted by Crippen LogP contribution is -2.73. The zero-order valence-corrected chi connectivity index (χ0v) is 12.4. The molecule has 0 aliphatic rings. The van der Waals surface area contributed by atoms with Crippen LogP contribution in [0.3, 0.4) is 0 Å². The van der Waals surface area contributed by atoms with E-state index in [1.807, 2.05) is 0 Å². The minimum atomic E-state index is -1.18. The maximum atomic E-state index is 13.6. The second-order valence-corrected chi connectivity index (χ2v) is 6.21. The predicted octanol–water partition coefficient (Wildman–Crippen LogP) is 2.99. The molecule has 1 N–H and O–H groups in total. The first-order valence-corrected chi connectivity index (χ1v) is 6.49. The minimum absolute atomic E-state index is 0.0347. The van der Waals surface area contributed by atoms with Gasteiger partial charge in [-0.1, -0.05) is 27.4 Å². The van der Waals surface area contributed by atoms with Gasteiger partial charge in [0.05, 0.1) is 5.56 Å². The van der Waals surface area contributed by atoms with Crippen LogP contribution in [0.5, 0.6) is 0 Å². The number of benzene rings is 1. The monoisotopic (exact) mass is 284 g/mol. The molecule has 0 radical (unpaired) electrons. The van der Waals surface area contributed by atoms with Crippen molar-refractivity contribution in [3.05, 3.63) is 47.3 Å². The van der Waals surface area contributed by atoms with Crippen LogP contribution in [-0.2, 0) is 0 Å². The van der Waals surface area contributed by atoms with Crippen molar-refractivity contribution in [3.8, 4) is 0 Å². The van der Waals surface area contributed by atoms with Gasteiger partial charge in [0.25, 0.3) is 0 Å². The summed E-state index contributed by atoms with van der Waals surface area (Å²) in [6.07, 6.45) is 0.827. The SMILES string of the molecule is C=C(C[NH+]=C(C)c1cc(F)c(F)cc1F)CC(C)(C)C. The van der Waals surface area contributed by atoms with Crippen LogP contribution in [0.25, 0.3) is 0 Å². The number of halogens is 3. The molecule has 20 heavy (non-hydrogen) atoms. The lowest BCUT2D eigenvalue weighted by Gasteiger charge is -2.17. The van der Waals surface area contributed by atoms with Crippen molar-refractivity contribution < 1.29 is 18.2 Å². The molecule has 1 rings (SSSR count). The summed E-state index contributed by atoms with van der Waals surface area (Å²) < 4.78 is 39.6. The van der Waals surface area contributed by atoms with Crippen molar-refractivity contribution >= 4 is 5.71 Å². The molecule has 1 aromatic rings. The van der Waals surface area contributed by atoms with Crippen LogP contribution in [0, 0.1) is 22.9 Å². The maximum Gasteiger partial charge on any atom is 0.181 e. The average Bonchev–Trinajstić information content (AvgIpc) is 2.28. The third-order valence-electron chi connectivity index (χ3n) is 2.80. The third-order valence-corrected chi connectivity index (χ3v) is 2.80. The van der Waals surface area contributed by atoms with Gasteiger partial charge >= 0.3 is 0 Å². The van der Waals surface area contributed by atoms with E-state index in [4.69, 9.17) is 0 Å². The molecule has 0 aliphatic heterocycles. The van der Waals surface area contributed by atoms with Gasteiger partial charge in [0.15, 0.2) is 23.9 Å². The number of hydrogen-bond acceptors (Lipinski definition) is 0. The molecule has 0 saturated heterocycles. The van der Waals surface area contributed by atoms with E-state index in [0.717, 1.165) is 18.1 Å². The van der Waals surface area contributed by atoms with Crippen LogP contribution >= 0.6 is 0 Å². The molecule has 4 heteroatoms. The minimum Gasteiger partial charge on any atom is -0.241 e. The summed E-state index contributed by atoms with van der Waals surface area (Å²) in [6, 6.07) is 1.42. The lowest BCUT2D eigenvalue weighted by atomic mass is 9.88. The van der Waals surface area contributed by atoms with E-state index < -0.39 is 17.5 Å². The number of hydrogen-bond donors (Lipinski definition) is 1.